The maximum absolute atomic E-state index is 11.8. The van der Waals surface area contributed by atoms with Crippen LogP contribution in [0.3, 0.4) is 0 Å². The number of fused-ring (bicyclic) bond motifs is 1. The molecule has 0 spiro atoms. The van der Waals surface area contributed by atoms with E-state index in [4.69, 9.17) is 26.3 Å². The summed E-state index contributed by atoms with van der Waals surface area (Å²) in [5.74, 6) is 2.22. The van der Waals surface area contributed by atoms with E-state index in [0.29, 0.717) is 11.6 Å². The van der Waals surface area contributed by atoms with E-state index in [0.717, 1.165) is 45.8 Å². The summed E-state index contributed by atoms with van der Waals surface area (Å²) in [7, 11) is 3.43. The molecule has 1 aliphatic heterocycles. The average molecular weight is 443 g/mol. The molecule has 4 rings (SSSR count). The van der Waals surface area contributed by atoms with Crippen LogP contribution in [0.1, 0.15) is 18.2 Å². The fourth-order valence-corrected chi connectivity index (χ4v) is 4.41. The number of carbonyl (C=O) groups is 1. The lowest BCUT2D eigenvalue weighted by molar-refractivity contribution is -0.130. The Balaban J connectivity index is 1.65. The molecule has 0 atom stereocenters. The minimum Gasteiger partial charge on any atom is -0.484 e. The Kier molecular flexibility index (Phi) is 5.92. The van der Waals surface area contributed by atoms with Gasteiger partial charge >= 0.3 is 0 Å². The Morgan fingerprint density at radius 3 is 2.80 bits per heavy atom. The summed E-state index contributed by atoms with van der Waals surface area (Å²) in [6.45, 7) is 2.96. The minimum absolute atomic E-state index is 0.0124. The number of ether oxygens (including phenoxy) is 1. The quantitative estimate of drug-likeness (QED) is 0.559. The number of likely N-dealkylation sites (N-methyl/N-ethyl adjacent to an activating group) is 1. The molecule has 1 aliphatic rings. The molecule has 0 saturated carbocycles. The molecule has 0 N–H and O–H groups in total. The first-order valence-electron chi connectivity index (χ1n) is 9.82. The van der Waals surface area contributed by atoms with Crippen LogP contribution in [0.15, 0.2) is 36.4 Å². The normalized spacial score (nSPS) is 12.7. The van der Waals surface area contributed by atoms with Gasteiger partial charge in [0.2, 0.25) is 0 Å². The van der Waals surface area contributed by atoms with Gasteiger partial charge in [-0.15, -0.1) is 11.3 Å². The zero-order valence-electron chi connectivity index (χ0n) is 17.2. The first-order chi connectivity index (χ1) is 14.5. The van der Waals surface area contributed by atoms with E-state index in [-0.39, 0.29) is 12.5 Å². The van der Waals surface area contributed by atoms with E-state index in [2.05, 4.69) is 11.8 Å². The molecule has 0 saturated heterocycles. The predicted molar refractivity (Wildman–Crippen MR) is 121 cm³/mol. The number of carbonyl (C=O) groups excluding carboxylic acids is 1. The zero-order valence-corrected chi connectivity index (χ0v) is 18.8. The van der Waals surface area contributed by atoms with Crippen LogP contribution in [0.5, 0.6) is 5.75 Å². The van der Waals surface area contributed by atoms with Gasteiger partial charge in [0, 0.05) is 43.7 Å². The maximum atomic E-state index is 11.8. The van der Waals surface area contributed by atoms with Crippen LogP contribution in [0.25, 0.3) is 10.7 Å². The fraction of sp³-hybridized carbons (Fsp3) is 0.318. The van der Waals surface area contributed by atoms with Gasteiger partial charge in [-0.25, -0.2) is 9.97 Å². The van der Waals surface area contributed by atoms with E-state index in [1.54, 1.807) is 14.1 Å². The molecule has 1 amide bonds. The second-order valence-electron chi connectivity index (χ2n) is 7.23. The first-order valence-corrected chi connectivity index (χ1v) is 11.0. The fourth-order valence-electron chi connectivity index (χ4n) is 3.43. The summed E-state index contributed by atoms with van der Waals surface area (Å²) in [5.41, 5.74) is 3.25. The second-order valence-corrected chi connectivity index (χ2v) is 8.94. The van der Waals surface area contributed by atoms with Gasteiger partial charge in [-0.05, 0) is 37.1 Å². The molecule has 1 aromatic carbocycles. The highest BCUT2D eigenvalue weighted by atomic mass is 35.5. The monoisotopic (exact) mass is 442 g/mol. The molecule has 2 aromatic heterocycles. The Morgan fingerprint density at radius 2 is 2.10 bits per heavy atom. The van der Waals surface area contributed by atoms with Crippen molar-refractivity contribution in [2.75, 3.05) is 32.1 Å². The molecular weight excluding hydrogens is 420 g/mol. The number of benzene rings is 1. The maximum Gasteiger partial charge on any atom is 0.259 e. The highest BCUT2D eigenvalue weighted by Gasteiger charge is 2.27. The molecule has 30 heavy (non-hydrogen) atoms. The first kappa shape index (κ1) is 20.6. The summed E-state index contributed by atoms with van der Waals surface area (Å²) >= 11 is 7.61. The van der Waals surface area contributed by atoms with Crippen molar-refractivity contribution in [3.05, 3.63) is 52.0 Å². The number of anilines is 2. The lowest BCUT2D eigenvalue weighted by Gasteiger charge is -2.20. The third-order valence-corrected chi connectivity index (χ3v) is 6.26. The van der Waals surface area contributed by atoms with Crippen molar-refractivity contribution in [1.29, 1.82) is 0 Å². The van der Waals surface area contributed by atoms with Gasteiger partial charge < -0.3 is 14.5 Å². The smallest absolute Gasteiger partial charge is 0.259 e. The summed E-state index contributed by atoms with van der Waals surface area (Å²) in [4.78, 5) is 26.2. The highest BCUT2D eigenvalue weighted by molar-refractivity contribution is 7.19. The third kappa shape index (κ3) is 4.13. The van der Waals surface area contributed by atoms with Gasteiger partial charge in [0.15, 0.2) is 12.4 Å². The number of thiophene rings is 1. The van der Waals surface area contributed by atoms with Gasteiger partial charge in [0.25, 0.3) is 5.91 Å². The number of nitrogens with zero attached hydrogens (tertiary/aromatic N) is 4. The minimum atomic E-state index is -0.0773. The Labute approximate surface area is 185 Å². The standard InChI is InChI=1S/C22H23ClN4O2S/c1-4-17-16-10-11-27(22(16)25-21(24-17)18-8-9-19(23)30-18)14-6-5-7-15(12-14)29-13-20(28)26(2)3/h5-9,12H,4,10-11,13H2,1-3H3. The zero-order chi connectivity index (χ0) is 21.3. The predicted octanol–water partition coefficient (Wildman–Crippen LogP) is 4.58. The molecule has 3 aromatic rings. The van der Waals surface area contributed by atoms with Crippen LogP contribution in [-0.4, -0.2) is 48.0 Å². The summed E-state index contributed by atoms with van der Waals surface area (Å²) in [6, 6.07) is 11.6. The van der Waals surface area contributed by atoms with Crippen LogP contribution in [-0.2, 0) is 17.6 Å². The van der Waals surface area contributed by atoms with Gasteiger partial charge in [-0.1, -0.05) is 24.6 Å². The van der Waals surface area contributed by atoms with Crippen molar-refractivity contribution >= 4 is 40.4 Å². The van der Waals surface area contributed by atoms with Crippen LogP contribution < -0.4 is 9.64 Å². The van der Waals surface area contributed by atoms with Crippen molar-refractivity contribution in [3.63, 3.8) is 0 Å². The number of hydrogen-bond donors (Lipinski definition) is 0. The molecule has 0 aliphatic carbocycles. The van der Waals surface area contributed by atoms with E-state index >= 15 is 0 Å². The lowest BCUT2D eigenvalue weighted by Crippen LogP contribution is -2.27. The second kappa shape index (κ2) is 8.62. The molecule has 8 heteroatoms. The number of amides is 1. The molecule has 0 radical (unpaired) electrons. The molecule has 156 valence electrons. The van der Waals surface area contributed by atoms with Crippen LogP contribution in [0, 0.1) is 0 Å². The Bertz CT molecular complexity index is 1080. The van der Waals surface area contributed by atoms with Crippen molar-refractivity contribution in [1.82, 2.24) is 14.9 Å². The van der Waals surface area contributed by atoms with Gasteiger partial charge in [-0.2, -0.15) is 0 Å². The van der Waals surface area contributed by atoms with Crippen molar-refractivity contribution in [2.24, 2.45) is 0 Å². The topological polar surface area (TPSA) is 58.6 Å². The van der Waals surface area contributed by atoms with Crippen LogP contribution in [0.4, 0.5) is 11.5 Å². The lowest BCUT2D eigenvalue weighted by atomic mass is 10.1. The van der Waals surface area contributed by atoms with Crippen molar-refractivity contribution in [3.8, 4) is 16.5 Å². The molecular formula is C22H23ClN4O2S. The summed E-state index contributed by atoms with van der Waals surface area (Å²) in [5, 5.41) is 0. The molecule has 0 unspecified atom stereocenters. The van der Waals surface area contributed by atoms with Crippen molar-refractivity contribution < 1.29 is 9.53 Å². The SMILES string of the molecule is CCc1nc(-c2ccc(Cl)s2)nc2c1CCN2c1cccc(OCC(=O)N(C)C)c1. The van der Waals surface area contributed by atoms with Gasteiger partial charge in [0.05, 0.1) is 9.21 Å². The van der Waals surface area contributed by atoms with E-state index < -0.39 is 0 Å². The van der Waals surface area contributed by atoms with Crippen LogP contribution >= 0.6 is 22.9 Å². The third-order valence-electron chi connectivity index (χ3n) is 5.03. The largest absolute Gasteiger partial charge is 0.484 e. The van der Waals surface area contributed by atoms with Crippen LogP contribution in [0.2, 0.25) is 4.34 Å². The van der Waals surface area contributed by atoms with E-state index in [1.807, 2.05) is 36.4 Å². The number of rotatable bonds is 6. The summed E-state index contributed by atoms with van der Waals surface area (Å²) in [6.07, 6.45) is 1.74. The highest BCUT2D eigenvalue weighted by Crippen LogP contribution is 2.38. The molecule has 6 nitrogen and oxygen atoms in total. The number of aryl methyl sites for hydroxylation is 1. The Hall–Kier alpha value is -2.64. The van der Waals surface area contributed by atoms with E-state index in [1.165, 1.54) is 21.8 Å². The number of aromatic nitrogens is 2. The molecule has 0 fully saturated rings. The van der Waals surface area contributed by atoms with Gasteiger partial charge in [0.1, 0.15) is 11.6 Å². The Morgan fingerprint density at radius 1 is 1.27 bits per heavy atom. The van der Waals surface area contributed by atoms with Crippen molar-refractivity contribution in [2.45, 2.75) is 19.8 Å². The molecule has 3 heterocycles. The van der Waals surface area contributed by atoms with E-state index in [9.17, 15) is 4.79 Å². The number of hydrogen-bond acceptors (Lipinski definition) is 6. The van der Waals surface area contributed by atoms with Gasteiger partial charge in [-0.3, -0.25) is 4.79 Å². The number of halogens is 1. The molecule has 0 bridgehead atoms. The summed E-state index contributed by atoms with van der Waals surface area (Å²) < 4.78 is 6.42. The average Bonchev–Trinajstić information content (AvgIpc) is 3.37.